The zero-order chi connectivity index (χ0) is 15.8. The highest BCUT2D eigenvalue weighted by Crippen LogP contribution is 2.50. The van der Waals surface area contributed by atoms with Gasteiger partial charge in [0, 0.05) is 18.4 Å². The monoisotopic (exact) mass is 298 g/mol. The number of amides is 1. The summed E-state index contributed by atoms with van der Waals surface area (Å²) in [5, 5.41) is 2.27. The number of nitrogens with one attached hydrogen (secondary N) is 1. The van der Waals surface area contributed by atoms with Crippen molar-refractivity contribution >= 4 is 11.6 Å². The Bertz CT molecular complexity index is 542. The molecule has 2 unspecified atom stereocenters. The number of hydrogen-bond acceptors (Lipinski definition) is 3. The van der Waals surface area contributed by atoms with Crippen molar-refractivity contribution in [2.75, 3.05) is 11.9 Å². The summed E-state index contributed by atoms with van der Waals surface area (Å²) in [4.78, 5) is 12.4. The van der Waals surface area contributed by atoms with E-state index in [0.29, 0.717) is 13.0 Å². The number of para-hydroxylation sites is 1. The Morgan fingerprint density at radius 2 is 2.00 bits per heavy atom. The average Bonchev–Trinajstić information content (AvgIpc) is 2.42. The zero-order valence-corrected chi connectivity index (χ0v) is 12.4. The summed E-state index contributed by atoms with van der Waals surface area (Å²) in [6, 6.07) is 3.39. The van der Waals surface area contributed by atoms with Crippen LogP contribution < -0.4 is 11.1 Å². The molecule has 1 saturated carbocycles. The lowest BCUT2D eigenvalue weighted by Gasteiger charge is -2.57. The molecule has 3 N–H and O–H groups in total. The van der Waals surface area contributed by atoms with Gasteiger partial charge >= 0.3 is 0 Å². The Kier molecular flexibility index (Phi) is 4.04. The molecule has 0 bridgehead atoms. The first kappa shape index (κ1) is 15.9. The number of hydrogen-bond donors (Lipinski definition) is 2. The van der Waals surface area contributed by atoms with Gasteiger partial charge in [-0.15, -0.1) is 0 Å². The molecule has 0 radical (unpaired) electrons. The number of carbonyl (C=O) groups is 1. The molecule has 2 rings (SSSR count). The molecule has 0 heterocycles. The van der Waals surface area contributed by atoms with Gasteiger partial charge in [0.05, 0.1) is 6.10 Å². The van der Waals surface area contributed by atoms with Crippen LogP contribution in [0.5, 0.6) is 0 Å². The van der Waals surface area contributed by atoms with Crippen molar-refractivity contribution in [3.63, 3.8) is 0 Å². The average molecular weight is 298 g/mol. The molecule has 4 nitrogen and oxygen atoms in total. The molecule has 1 fully saturated rings. The third-order valence-corrected chi connectivity index (χ3v) is 4.44. The van der Waals surface area contributed by atoms with Crippen LogP contribution in [0.1, 0.15) is 27.2 Å². The second-order valence-corrected chi connectivity index (χ2v) is 5.89. The number of ether oxygens (including phenoxy) is 1. The van der Waals surface area contributed by atoms with Crippen molar-refractivity contribution in [1.82, 2.24) is 0 Å². The maximum atomic E-state index is 13.6. The maximum absolute atomic E-state index is 13.6. The Balaban J connectivity index is 2.18. The van der Waals surface area contributed by atoms with E-state index in [-0.39, 0.29) is 6.10 Å². The van der Waals surface area contributed by atoms with Gasteiger partial charge in [0.1, 0.15) is 22.9 Å². The van der Waals surface area contributed by atoms with E-state index < -0.39 is 34.2 Å². The molecule has 21 heavy (non-hydrogen) atoms. The molecule has 1 amide bonds. The van der Waals surface area contributed by atoms with Crippen LogP contribution in [0.15, 0.2) is 18.2 Å². The molecule has 1 aromatic carbocycles. The van der Waals surface area contributed by atoms with E-state index >= 15 is 0 Å². The van der Waals surface area contributed by atoms with Gasteiger partial charge in [-0.3, -0.25) is 4.79 Å². The summed E-state index contributed by atoms with van der Waals surface area (Å²) in [5.41, 5.74) is 3.85. The van der Waals surface area contributed by atoms with E-state index in [4.69, 9.17) is 10.5 Å². The smallest absolute Gasteiger partial charge is 0.245 e. The zero-order valence-electron chi connectivity index (χ0n) is 12.4. The summed E-state index contributed by atoms with van der Waals surface area (Å²) in [6.45, 7) is 6.01. The maximum Gasteiger partial charge on any atom is 0.245 e. The molecular formula is C15H20F2N2O2. The van der Waals surface area contributed by atoms with Gasteiger partial charge in [-0.2, -0.15) is 0 Å². The van der Waals surface area contributed by atoms with Gasteiger partial charge in [0.25, 0.3) is 0 Å². The van der Waals surface area contributed by atoms with Gasteiger partial charge in [-0.25, -0.2) is 8.78 Å². The van der Waals surface area contributed by atoms with Gasteiger partial charge in [-0.05, 0) is 19.1 Å². The number of rotatable bonds is 4. The number of benzene rings is 1. The van der Waals surface area contributed by atoms with E-state index in [1.165, 1.54) is 6.07 Å². The Hall–Kier alpha value is -1.53. The quantitative estimate of drug-likeness (QED) is 0.897. The summed E-state index contributed by atoms with van der Waals surface area (Å²) in [5.74, 6) is -2.26. The van der Waals surface area contributed by atoms with E-state index in [2.05, 4.69) is 5.32 Å². The van der Waals surface area contributed by atoms with Crippen molar-refractivity contribution in [1.29, 1.82) is 0 Å². The summed E-state index contributed by atoms with van der Waals surface area (Å²) >= 11 is 0. The van der Waals surface area contributed by atoms with Crippen LogP contribution >= 0.6 is 0 Å². The van der Waals surface area contributed by atoms with Gasteiger partial charge in [0.2, 0.25) is 5.91 Å². The fourth-order valence-corrected chi connectivity index (χ4v) is 2.66. The van der Waals surface area contributed by atoms with Crippen LogP contribution in [-0.2, 0) is 9.53 Å². The molecule has 0 aliphatic heterocycles. The minimum atomic E-state index is -1.22. The van der Waals surface area contributed by atoms with Crippen LogP contribution in [0.2, 0.25) is 0 Å². The molecule has 6 heteroatoms. The molecule has 1 aromatic rings. The third kappa shape index (κ3) is 2.42. The van der Waals surface area contributed by atoms with Crippen LogP contribution in [-0.4, -0.2) is 24.2 Å². The van der Waals surface area contributed by atoms with Crippen molar-refractivity contribution in [3.8, 4) is 0 Å². The highest BCUT2D eigenvalue weighted by atomic mass is 19.1. The van der Waals surface area contributed by atoms with Gasteiger partial charge < -0.3 is 15.8 Å². The van der Waals surface area contributed by atoms with Crippen LogP contribution in [0.4, 0.5) is 14.5 Å². The first-order chi connectivity index (χ1) is 9.74. The normalized spacial score (nSPS) is 27.0. The second-order valence-electron chi connectivity index (χ2n) is 5.89. The lowest BCUT2D eigenvalue weighted by Crippen LogP contribution is -2.74. The van der Waals surface area contributed by atoms with E-state index in [0.717, 1.165) is 12.1 Å². The lowest BCUT2D eigenvalue weighted by atomic mass is 9.54. The molecule has 116 valence electrons. The van der Waals surface area contributed by atoms with Gasteiger partial charge in [0.15, 0.2) is 0 Å². The SMILES string of the molecule is CCOC1CC(N)(C(=O)Nc2c(F)cccc2F)C1(C)C. The van der Waals surface area contributed by atoms with Gasteiger partial charge in [-0.1, -0.05) is 19.9 Å². The first-order valence-corrected chi connectivity index (χ1v) is 6.90. The molecule has 1 aliphatic carbocycles. The number of nitrogens with two attached hydrogens (primary N) is 1. The molecular weight excluding hydrogens is 278 g/mol. The minimum Gasteiger partial charge on any atom is -0.378 e. The van der Waals surface area contributed by atoms with Crippen molar-refractivity contribution < 1.29 is 18.3 Å². The largest absolute Gasteiger partial charge is 0.378 e. The highest BCUT2D eigenvalue weighted by molar-refractivity contribution is 6.00. The molecule has 0 aromatic heterocycles. The summed E-state index contributed by atoms with van der Waals surface area (Å²) < 4.78 is 32.7. The van der Waals surface area contributed by atoms with Crippen molar-refractivity contribution in [2.24, 2.45) is 11.1 Å². The highest BCUT2D eigenvalue weighted by Gasteiger charge is 2.63. The van der Waals surface area contributed by atoms with E-state index in [9.17, 15) is 13.6 Å². The predicted molar refractivity (Wildman–Crippen MR) is 75.7 cm³/mol. The second kappa shape index (κ2) is 5.35. The Morgan fingerprint density at radius 3 is 2.48 bits per heavy atom. The third-order valence-electron chi connectivity index (χ3n) is 4.44. The molecule has 0 saturated heterocycles. The predicted octanol–water partition coefficient (Wildman–Crippen LogP) is 2.44. The first-order valence-electron chi connectivity index (χ1n) is 6.90. The number of halogens is 2. The van der Waals surface area contributed by atoms with Crippen LogP contribution in [0.3, 0.4) is 0 Å². The summed E-state index contributed by atoms with van der Waals surface area (Å²) in [6.07, 6.45) is 0.166. The Labute approximate surface area is 122 Å². The van der Waals surface area contributed by atoms with Crippen LogP contribution in [0.25, 0.3) is 0 Å². The molecule has 1 aliphatic rings. The van der Waals surface area contributed by atoms with Crippen molar-refractivity contribution in [2.45, 2.75) is 38.8 Å². The number of carbonyl (C=O) groups excluding carboxylic acids is 1. The fourth-order valence-electron chi connectivity index (χ4n) is 2.66. The fraction of sp³-hybridized carbons (Fsp3) is 0.533. The minimum absolute atomic E-state index is 0.149. The topological polar surface area (TPSA) is 64.3 Å². The standard InChI is InChI=1S/C15H20F2N2O2/c1-4-21-11-8-15(18,14(11,2)3)13(20)19-12-9(16)6-5-7-10(12)17/h5-7,11H,4,8,18H2,1-3H3,(H,19,20). The van der Waals surface area contributed by atoms with E-state index in [1.54, 1.807) is 0 Å². The Morgan fingerprint density at radius 1 is 1.43 bits per heavy atom. The van der Waals surface area contributed by atoms with E-state index in [1.807, 2.05) is 20.8 Å². The molecule has 2 atom stereocenters. The summed E-state index contributed by atoms with van der Waals surface area (Å²) in [7, 11) is 0. The van der Waals surface area contributed by atoms with Crippen molar-refractivity contribution in [3.05, 3.63) is 29.8 Å². The molecule has 0 spiro atoms. The van der Waals surface area contributed by atoms with Crippen LogP contribution in [0, 0.1) is 17.0 Å². The number of anilines is 1. The lowest BCUT2D eigenvalue weighted by molar-refractivity contribution is -0.166.